The maximum Gasteiger partial charge on any atom is 0.408 e. The van der Waals surface area contributed by atoms with Crippen LogP contribution in [0.3, 0.4) is 0 Å². The first kappa shape index (κ1) is 23.1. The van der Waals surface area contributed by atoms with Gasteiger partial charge in [0.05, 0.1) is 11.3 Å². The molecule has 154 valence electrons. The van der Waals surface area contributed by atoms with Crippen LogP contribution in [0, 0.1) is 23.0 Å². The monoisotopic (exact) mass is 396 g/mol. The minimum Gasteiger partial charge on any atom is -0.444 e. The molecule has 1 unspecified atom stereocenters. The van der Waals surface area contributed by atoms with Crippen molar-refractivity contribution in [1.82, 2.24) is 5.32 Å². The third-order valence-electron chi connectivity index (χ3n) is 3.77. The molecule has 0 spiro atoms. The fourth-order valence-electron chi connectivity index (χ4n) is 2.40. The summed E-state index contributed by atoms with van der Waals surface area (Å²) in [6, 6.07) is 3.25. The summed E-state index contributed by atoms with van der Waals surface area (Å²) in [6.07, 6.45) is 1.42. The van der Waals surface area contributed by atoms with Gasteiger partial charge in [-0.25, -0.2) is 13.6 Å². The highest BCUT2D eigenvalue weighted by Gasteiger charge is 2.19. The molecule has 1 saturated heterocycles. The highest BCUT2D eigenvalue weighted by Crippen LogP contribution is 2.26. The molecule has 1 aliphatic heterocycles. The summed E-state index contributed by atoms with van der Waals surface area (Å²) >= 11 is 0. The molecule has 1 atom stereocenters. The van der Waals surface area contributed by atoms with E-state index in [4.69, 9.17) is 15.7 Å². The number of amides is 2. The van der Waals surface area contributed by atoms with Gasteiger partial charge in [-0.15, -0.1) is 0 Å². The van der Waals surface area contributed by atoms with Crippen molar-refractivity contribution in [2.75, 3.05) is 18.0 Å². The first-order valence-corrected chi connectivity index (χ1v) is 8.87. The number of alkyl carbamates (subject to hydrolysis) is 1. The van der Waals surface area contributed by atoms with E-state index in [2.05, 4.69) is 5.32 Å². The lowest BCUT2D eigenvalue weighted by Crippen LogP contribution is -2.44. The van der Waals surface area contributed by atoms with Crippen LogP contribution in [0.25, 0.3) is 0 Å². The molecule has 2 amide bonds. The molecule has 1 aromatic carbocycles. The average molecular weight is 396 g/mol. The van der Waals surface area contributed by atoms with Crippen molar-refractivity contribution in [3.05, 3.63) is 29.3 Å². The van der Waals surface area contributed by atoms with Crippen molar-refractivity contribution in [2.45, 2.75) is 52.2 Å². The number of carbonyl (C=O) groups excluding carboxylic acids is 2. The Labute approximate surface area is 163 Å². The SMILES string of the molecule is CC(NC(=O)OC(C)(C)C)C(N)=O.N#Cc1cc(F)c(F)cc1N1CCCC1. The Kier molecular flexibility index (Phi) is 8.16. The molecule has 3 N–H and O–H groups in total. The van der Waals surface area contributed by atoms with Gasteiger partial charge >= 0.3 is 6.09 Å². The van der Waals surface area contributed by atoms with Gasteiger partial charge in [0.2, 0.25) is 5.91 Å². The normalized spacial score (nSPS) is 14.4. The number of hydrogen-bond acceptors (Lipinski definition) is 5. The predicted molar refractivity (Wildman–Crippen MR) is 101 cm³/mol. The number of hydrogen-bond donors (Lipinski definition) is 2. The molecule has 1 fully saturated rings. The Balaban J connectivity index is 0.000000284. The van der Waals surface area contributed by atoms with Crippen molar-refractivity contribution >= 4 is 17.7 Å². The Morgan fingerprint density at radius 2 is 1.79 bits per heavy atom. The van der Waals surface area contributed by atoms with Gasteiger partial charge in [-0.05, 0) is 46.6 Å². The fourth-order valence-corrected chi connectivity index (χ4v) is 2.40. The molecule has 9 heteroatoms. The van der Waals surface area contributed by atoms with Gasteiger partial charge in [0, 0.05) is 19.2 Å². The number of nitrogens with zero attached hydrogens (tertiary/aromatic N) is 2. The van der Waals surface area contributed by atoms with Crippen molar-refractivity contribution < 1.29 is 23.1 Å². The van der Waals surface area contributed by atoms with Crippen molar-refractivity contribution in [3.8, 4) is 6.07 Å². The second-order valence-electron chi connectivity index (χ2n) is 7.36. The standard InChI is InChI=1S/C11H10F2N2.C8H16N2O3/c12-9-5-8(7-14)11(6-10(9)13)15-3-1-2-4-15;1-5(6(9)11)10-7(12)13-8(2,3)4/h5-6H,1-4H2;5H,1-4H3,(H2,9,11)(H,10,12). The highest BCUT2D eigenvalue weighted by molar-refractivity contribution is 5.83. The zero-order valence-corrected chi connectivity index (χ0v) is 16.5. The third kappa shape index (κ3) is 7.39. The van der Waals surface area contributed by atoms with Gasteiger partial charge < -0.3 is 20.7 Å². The van der Waals surface area contributed by atoms with E-state index in [1.54, 1.807) is 20.8 Å². The largest absolute Gasteiger partial charge is 0.444 e. The van der Waals surface area contributed by atoms with Crippen LogP contribution in [-0.4, -0.2) is 36.7 Å². The Hall–Kier alpha value is -2.89. The molecule has 2 rings (SSSR count). The lowest BCUT2D eigenvalue weighted by molar-refractivity contribution is -0.119. The van der Waals surface area contributed by atoms with Crippen LogP contribution in [0.2, 0.25) is 0 Å². The zero-order valence-electron chi connectivity index (χ0n) is 16.5. The number of halogens is 2. The summed E-state index contributed by atoms with van der Waals surface area (Å²) in [5.41, 5.74) is 5.08. The Morgan fingerprint density at radius 3 is 2.25 bits per heavy atom. The summed E-state index contributed by atoms with van der Waals surface area (Å²) < 4.78 is 30.8. The molecule has 0 aliphatic carbocycles. The number of primary amides is 1. The van der Waals surface area contributed by atoms with Crippen molar-refractivity contribution in [2.24, 2.45) is 5.73 Å². The fraction of sp³-hybridized carbons (Fsp3) is 0.526. The molecule has 0 aromatic heterocycles. The molecule has 7 nitrogen and oxygen atoms in total. The number of anilines is 1. The van der Waals surface area contributed by atoms with Crippen LogP contribution in [-0.2, 0) is 9.53 Å². The summed E-state index contributed by atoms with van der Waals surface area (Å²) in [7, 11) is 0. The molecule has 1 heterocycles. The van der Waals surface area contributed by atoms with E-state index in [0.717, 1.165) is 38.1 Å². The molecule has 1 aliphatic rings. The van der Waals surface area contributed by atoms with E-state index in [1.165, 1.54) is 6.92 Å². The summed E-state index contributed by atoms with van der Waals surface area (Å²) in [4.78, 5) is 23.5. The summed E-state index contributed by atoms with van der Waals surface area (Å²) in [5, 5.41) is 11.1. The van der Waals surface area contributed by atoms with Crippen LogP contribution < -0.4 is 16.0 Å². The Bertz CT molecular complexity index is 751. The highest BCUT2D eigenvalue weighted by atomic mass is 19.2. The molecular weight excluding hydrogens is 370 g/mol. The van der Waals surface area contributed by atoms with Crippen molar-refractivity contribution in [3.63, 3.8) is 0 Å². The number of carbonyl (C=O) groups is 2. The molecule has 0 saturated carbocycles. The first-order valence-electron chi connectivity index (χ1n) is 8.87. The van der Waals surface area contributed by atoms with E-state index in [0.29, 0.717) is 5.69 Å². The molecule has 28 heavy (non-hydrogen) atoms. The quantitative estimate of drug-likeness (QED) is 0.817. The second-order valence-corrected chi connectivity index (χ2v) is 7.36. The van der Waals surface area contributed by atoms with E-state index in [-0.39, 0.29) is 5.56 Å². The van der Waals surface area contributed by atoms with E-state index in [9.17, 15) is 18.4 Å². The van der Waals surface area contributed by atoms with Crippen LogP contribution in [0.15, 0.2) is 12.1 Å². The van der Waals surface area contributed by atoms with Crippen LogP contribution in [0.1, 0.15) is 46.1 Å². The van der Waals surface area contributed by atoms with Gasteiger partial charge in [0.15, 0.2) is 11.6 Å². The molecular formula is C19H26F2N4O3. The minimum atomic E-state index is -0.963. The maximum absolute atomic E-state index is 13.0. The number of rotatable bonds is 3. The second kappa shape index (κ2) is 9.88. The maximum atomic E-state index is 13.0. The van der Waals surface area contributed by atoms with Gasteiger partial charge in [-0.1, -0.05) is 0 Å². The number of nitriles is 1. The lowest BCUT2D eigenvalue weighted by atomic mass is 10.1. The molecule has 0 radical (unpaired) electrons. The minimum absolute atomic E-state index is 0.204. The van der Waals surface area contributed by atoms with Gasteiger partial charge in [0.25, 0.3) is 0 Å². The van der Waals surface area contributed by atoms with E-state index >= 15 is 0 Å². The first-order chi connectivity index (χ1) is 12.9. The van der Waals surface area contributed by atoms with Gasteiger partial charge in [-0.3, -0.25) is 4.79 Å². The van der Waals surface area contributed by atoms with Crippen LogP contribution >= 0.6 is 0 Å². The average Bonchev–Trinajstić information content (AvgIpc) is 3.09. The third-order valence-corrected chi connectivity index (χ3v) is 3.77. The number of benzene rings is 1. The Morgan fingerprint density at radius 1 is 1.25 bits per heavy atom. The van der Waals surface area contributed by atoms with Gasteiger partial charge in [-0.2, -0.15) is 5.26 Å². The van der Waals surface area contributed by atoms with E-state index < -0.39 is 35.3 Å². The number of nitrogens with two attached hydrogens (primary N) is 1. The lowest BCUT2D eigenvalue weighted by Gasteiger charge is -2.20. The number of nitrogens with one attached hydrogen (secondary N) is 1. The molecule has 0 bridgehead atoms. The van der Waals surface area contributed by atoms with E-state index in [1.807, 2.05) is 11.0 Å². The van der Waals surface area contributed by atoms with Crippen LogP contribution in [0.4, 0.5) is 19.3 Å². The predicted octanol–water partition coefficient (Wildman–Crippen LogP) is 2.82. The van der Waals surface area contributed by atoms with Gasteiger partial charge in [0.1, 0.15) is 17.7 Å². The van der Waals surface area contributed by atoms with Crippen LogP contribution in [0.5, 0.6) is 0 Å². The summed E-state index contributed by atoms with van der Waals surface area (Å²) in [5.74, 6) is -2.45. The summed E-state index contributed by atoms with van der Waals surface area (Å²) in [6.45, 7) is 8.32. The number of ether oxygens (including phenoxy) is 1. The zero-order chi connectivity index (χ0) is 21.5. The topological polar surface area (TPSA) is 108 Å². The van der Waals surface area contributed by atoms with Crippen molar-refractivity contribution in [1.29, 1.82) is 5.26 Å². The molecule has 1 aromatic rings. The smallest absolute Gasteiger partial charge is 0.408 e.